The molecule has 4 heteroatoms. The zero-order valence-corrected chi connectivity index (χ0v) is 14.8. The van der Waals surface area contributed by atoms with Gasteiger partial charge in [-0.3, -0.25) is 0 Å². The first-order valence-corrected chi connectivity index (χ1v) is 9.06. The number of hydrogen-bond acceptors (Lipinski definition) is 3. The molecule has 0 saturated heterocycles. The van der Waals surface area contributed by atoms with E-state index in [0.717, 1.165) is 5.92 Å². The van der Waals surface area contributed by atoms with Crippen molar-refractivity contribution in [3.8, 4) is 0 Å². The largest absolute Gasteiger partial charge is 0.444 e. The van der Waals surface area contributed by atoms with Gasteiger partial charge in [-0.15, -0.1) is 0 Å². The van der Waals surface area contributed by atoms with Crippen LogP contribution >= 0.6 is 0 Å². The predicted octanol–water partition coefficient (Wildman–Crippen LogP) is 3.85. The minimum atomic E-state index is -0.429. The van der Waals surface area contributed by atoms with Gasteiger partial charge >= 0.3 is 6.09 Å². The van der Waals surface area contributed by atoms with Gasteiger partial charge < -0.3 is 15.4 Å². The van der Waals surface area contributed by atoms with Crippen LogP contribution in [0.15, 0.2) is 0 Å². The zero-order valence-electron chi connectivity index (χ0n) is 14.8. The van der Waals surface area contributed by atoms with Crippen LogP contribution in [0.1, 0.15) is 72.6 Å². The summed E-state index contributed by atoms with van der Waals surface area (Å²) in [6.07, 6.45) is 8.82. The van der Waals surface area contributed by atoms with E-state index in [9.17, 15) is 4.79 Å². The molecule has 0 aromatic carbocycles. The second-order valence-electron chi connectivity index (χ2n) is 8.32. The Morgan fingerprint density at radius 2 is 1.86 bits per heavy atom. The molecule has 0 heterocycles. The van der Waals surface area contributed by atoms with E-state index in [-0.39, 0.29) is 6.09 Å². The van der Waals surface area contributed by atoms with Crippen LogP contribution in [-0.2, 0) is 4.74 Å². The van der Waals surface area contributed by atoms with Gasteiger partial charge in [-0.05, 0) is 64.7 Å². The molecule has 2 aliphatic carbocycles. The second kappa shape index (κ2) is 7.67. The van der Waals surface area contributed by atoms with Crippen molar-refractivity contribution in [2.24, 2.45) is 11.8 Å². The van der Waals surface area contributed by atoms with Crippen molar-refractivity contribution >= 4 is 6.09 Å². The molecular formula is C18H34N2O2. The van der Waals surface area contributed by atoms with Crippen LogP contribution in [0, 0.1) is 11.8 Å². The average Bonchev–Trinajstić information content (AvgIpc) is 3.03. The Balaban J connectivity index is 1.83. The van der Waals surface area contributed by atoms with Crippen molar-refractivity contribution in [3.05, 3.63) is 0 Å². The van der Waals surface area contributed by atoms with Gasteiger partial charge in [0, 0.05) is 18.6 Å². The van der Waals surface area contributed by atoms with E-state index < -0.39 is 5.60 Å². The number of ether oxygens (including phenoxy) is 1. The number of amides is 1. The molecule has 1 amide bonds. The summed E-state index contributed by atoms with van der Waals surface area (Å²) in [5.41, 5.74) is -0.429. The Morgan fingerprint density at radius 1 is 1.18 bits per heavy atom. The lowest BCUT2D eigenvalue weighted by Gasteiger charge is -2.29. The van der Waals surface area contributed by atoms with Crippen LogP contribution < -0.4 is 10.6 Å². The molecule has 2 aliphatic rings. The highest BCUT2D eigenvalue weighted by atomic mass is 16.6. The molecule has 3 atom stereocenters. The van der Waals surface area contributed by atoms with Crippen molar-refractivity contribution in [2.75, 3.05) is 6.54 Å². The maximum atomic E-state index is 11.9. The molecule has 2 fully saturated rings. The Hall–Kier alpha value is -0.770. The highest BCUT2D eigenvalue weighted by Crippen LogP contribution is 2.30. The maximum absolute atomic E-state index is 11.9. The summed E-state index contributed by atoms with van der Waals surface area (Å²) >= 11 is 0. The molecule has 2 N–H and O–H groups in total. The summed E-state index contributed by atoms with van der Waals surface area (Å²) in [7, 11) is 0. The summed E-state index contributed by atoms with van der Waals surface area (Å²) in [4.78, 5) is 11.9. The van der Waals surface area contributed by atoms with E-state index in [2.05, 4.69) is 17.6 Å². The number of rotatable bonds is 5. The average molecular weight is 310 g/mol. The highest BCUT2D eigenvalue weighted by Gasteiger charge is 2.30. The molecular weight excluding hydrogens is 276 g/mol. The second-order valence-corrected chi connectivity index (χ2v) is 8.32. The zero-order chi connectivity index (χ0) is 16.2. The first-order chi connectivity index (χ1) is 10.3. The lowest BCUT2D eigenvalue weighted by atomic mass is 9.96. The molecule has 0 aromatic rings. The lowest BCUT2D eigenvalue weighted by Crippen LogP contribution is -2.49. The predicted molar refractivity (Wildman–Crippen MR) is 89.9 cm³/mol. The SMILES string of the molecule is CC1CCC(NC(CNC(=O)OC(C)(C)C)C2CCCC2)C1. The van der Waals surface area contributed by atoms with Crippen LogP contribution in [0.25, 0.3) is 0 Å². The van der Waals surface area contributed by atoms with Crippen LogP contribution in [0.3, 0.4) is 0 Å². The Bertz CT molecular complexity index is 359. The third kappa shape index (κ3) is 5.79. The fourth-order valence-corrected chi connectivity index (χ4v) is 3.89. The van der Waals surface area contributed by atoms with Gasteiger partial charge in [0.05, 0.1) is 0 Å². The monoisotopic (exact) mass is 310 g/mol. The Morgan fingerprint density at radius 3 is 2.41 bits per heavy atom. The van der Waals surface area contributed by atoms with Crippen molar-refractivity contribution < 1.29 is 9.53 Å². The van der Waals surface area contributed by atoms with Crippen molar-refractivity contribution in [3.63, 3.8) is 0 Å². The molecule has 0 spiro atoms. The summed E-state index contributed by atoms with van der Waals surface area (Å²) in [5, 5.41) is 6.81. The van der Waals surface area contributed by atoms with E-state index in [4.69, 9.17) is 4.74 Å². The van der Waals surface area contributed by atoms with E-state index >= 15 is 0 Å². The number of carbonyl (C=O) groups is 1. The van der Waals surface area contributed by atoms with Gasteiger partial charge in [-0.25, -0.2) is 4.79 Å². The van der Waals surface area contributed by atoms with Crippen LogP contribution in [-0.4, -0.2) is 30.3 Å². The minimum absolute atomic E-state index is 0.294. The van der Waals surface area contributed by atoms with Gasteiger partial charge in [-0.2, -0.15) is 0 Å². The van der Waals surface area contributed by atoms with E-state index in [1.807, 2.05) is 20.8 Å². The van der Waals surface area contributed by atoms with Gasteiger partial charge in [0.15, 0.2) is 0 Å². The fourth-order valence-electron chi connectivity index (χ4n) is 3.89. The molecule has 3 unspecified atom stereocenters. The van der Waals surface area contributed by atoms with Crippen molar-refractivity contribution in [2.45, 2.75) is 90.3 Å². The molecule has 2 rings (SSSR count). The number of hydrogen-bond donors (Lipinski definition) is 2. The third-order valence-corrected chi connectivity index (χ3v) is 4.98. The lowest BCUT2D eigenvalue weighted by molar-refractivity contribution is 0.0517. The summed E-state index contributed by atoms with van der Waals surface area (Å²) in [6, 6.07) is 1.02. The highest BCUT2D eigenvalue weighted by molar-refractivity contribution is 5.67. The first-order valence-electron chi connectivity index (χ1n) is 9.06. The topological polar surface area (TPSA) is 50.4 Å². The quantitative estimate of drug-likeness (QED) is 0.811. The van der Waals surface area contributed by atoms with E-state index in [1.165, 1.54) is 44.9 Å². The molecule has 0 aliphatic heterocycles. The Kier molecular flexibility index (Phi) is 6.13. The number of carbonyl (C=O) groups excluding carboxylic acids is 1. The van der Waals surface area contributed by atoms with Crippen molar-refractivity contribution in [1.82, 2.24) is 10.6 Å². The smallest absolute Gasteiger partial charge is 0.407 e. The maximum Gasteiger partial charge on any atom is 0.407 e. The van der Waals surface area contributed by atoms with Crippen LogP contribution in [0.5, 0.6) is 0 Å². The standard InChI is InChI=1S/C18H34N2O2/c1-13-9-10-15(11-13)20-16(14-7-5-6-8-14)12-19-17(21)22-18(2,3)4/h13-16,20H,5-12H2,1-4H3,(H,19,21). The van der Waals surface area contributed by atoms with Gasteiger partial charge in [0.1, 0.15) is 5.60 Å². The summed E-state index contributed by atoms with van der Waals surface area (Å²) < 4.78 is 5.36. The molecule has 0 bridgehead atoms. The molecule has 0 radical (unpaired) electrons. The molecule has 22 heavy (non-hydrogen) atoms. The summed E-state index contributed by atoms with van der Waals surface area (Å²) in [5.74, 6) is 1.53. The normalized spacial score (nSPS) is 27.8. The van der Waals surface area contributed by atoms with E-state index in [1.54, 1.807) is 0 Å². The number of alkyl carbamates (subject to hydrolysis) is 1. The van der Waals surface area contributed by atoms with E-state index in [0.29, 0.717) is 24.5 Å². The van der Waals surface area contributed by atoms with Crippen molar-refractivity contribution in [1.29, 1.82) is 0 Å². The van der Waals surface area contributed by atoms with Gasteiger partial charge in [-0.1, -0.05) is 19.8 Å². The molecule has 0 aromatic heterocycles. The molecule has 2 saturated carbocycles. The van der Waals surface area contributed by atoms with Crippen LogP contribution in [0.4, 0.5) is 4.79 Å². The van der Waals surface area contributed by atoms with Gasteiger partial charge in [0.2, 0.25) is 0 Å². The Labute approximate surface area is 135 Å². The minimum Gasteiger partial charge on any atom is -0.444 e. The fraction of sp³-hybridized carbons (Fsp3) is 0.944. The number of nitrogens with one attached hydrogen (secondary N) is 2. The molecule has 4 nitrogen and oxygen atoms in total. The van der Waals surface area contributed by atoms with Crippen LogP contribution in [0.2, 0.25) is 0 Å². The molecule has 128 valence electrons. The third-order valence-electron chi connectivity index (χ3n) is 4.98. The van der Waals surface area contributed by atoms with Gasteiger partial charge in [0.25, 0.3) is 0 Å². The summed E-state index contributed by atoms with van der Waals surface area (Å²) in [6.45, 7) is 8.73. The first kappa shape index (κ1) is 17.6.